The SMILES string of the molecule is CN(C)C(=O)NCCNCCCNC(=O)OC(C)(C)C. The van der Waals surface area contributed by atoms with Crippen LogP contribution < -0.4 is 16.0 Å². The van der Waals surface area contributed by atoms with Gasteiger partial charge in [0.2, 0.25) is 0 Å². The average Bonchev–Trinajstić information content (AvgIpc) is 2.29. The fraction of sp³-hybridized carbons (Fsp3) is 0.846. The molecule has 0 saturated heterocycles. The zero-order valence-electron chi connectivity index (χ0n) is 13.2. The van der Waals surface area contributed by atoms with Gasteiger partial charge in [-0.3, -0.25) is 0 Å². The quantitative estimate of drug-likeness (QED) is 0.604. The molecular formula is C13H28N4O3. The molecule has 0 aromatic carbocycles. The van der Waals surface area contributed by atoms with Crippen molar-refractivity contribution in [3.63, 3.8) is 0 Å². The lowest BCUT2D eigenvalue weighted by molar-refractivity contribution is 0.0527. The maximum absolute atomic E-state index is 11.3. The lowest BCUT2D eigenvalue weighted by atomic mass is 10.2. The van der Waals surface area contributed by atoms with E-state index in [1.807, 2.05) is 20.8 Å². The monoisotopic (exact) mass is 288 g/mol. The zero-order valence-corrected chi connectivity index (χ0v) is 13.2. The van der Waals surface area contributed by atoms with E-state index in [1.54, 1.807) is 14.1 Å². The van der Waals surface area contributed by atoms with Crippen molar-refractivity contribution in [2.75, 3.05) is 40.3 Å². The number of carbonyl (C=O) groups excluding carboxylic acids is 2. The number of hydrogen-bond acceptors (Lipinski definition) is 4. The van der Waals surface area contributed by atoms with Gasteiger partial charge in [0.1, 0.15) is 5.60 Å². The molecule has 0 heterocycles. The summed E-state index contributed by atoms with van der Waals surface area (Å²) < 4.78 is 5.11. The molecule has 3 N–H and O–H groups in total. The molecule has 7 heteroatoms. The predicted octanol–water partition coefficient (Wildman–Crippen LogP) is 0.762. The smallest absolute Gasteiger partial charge is 0.407 e. The van der Waals surface area contributed by atoms with Crippen LogP contribution in [-0.2, 0) is 4.74 Å². The third-order valence-electron chi connectivity index (χ3n) is 2.18. The predicted molar refractivity (Wildman–Crippen MR) is 78.8 cm³/mol. The van der Waals surface area contributed by atoms with Crippen molar-refractivity contribution in [3.8, 4) is 0 Å². The Bertz CT molecular complexity index is 300. The normalized spacial score (nSPS) is 10.8. The van der Waals surface area contributed by atoms with E-state index in [-0.39, 0.29) is 6.03 Å². The topological polar surface area (TPSA) is 82.7 Å². The molecular weight excluding hydrogens is 260 g/mol. The highest BCUT2D eigenvalue weighted by molar-refractivity contribution is 5.73. The number of nitrogens with zero attached hydrogens (tertiary/aromatic N) is 1. The molecule has 0 aromatic rings. The maximum Gasteiger partial charge on any atom is 0.407 e. The molecule has 20 heavy (non-hydrogen) atoms. The van der Waals surface area contributed by atoms with Crippen molar-refractivity contribution in [1.29, 1.82) is 0 Å². The maximum atomic E-state index is 11.3. The summed E-state index contributed by atoms with van der Waals surface area (Å²) in [6.07, 6.45) is 0.414. The summed E-state index contributed by atoms with van der Waals surface area (Å²) >= 11 is 0. The summed E-state index contributed by atoms with van der Waals surface area (Å²) in [5.74, 6) is 0. The Hall–Kier alpha value is -1.50. The van der Waals surface area contributed by atoms with Gasteiger partial charge in [0.15, 0.2) is 0 Å². The molecule has 0 unspecified atom stereocenters. The van der Waals surface area contributed by atoms with E-state index < -0.39 is 11.7 Å². The minimum absolute atomic E-state index is 0.0987. The summed E-state index contributed by atoms with van der Waals surface area (Å²) in [5.41, 5.74) is -0.465. The van der Waals surface area contributed by atoms with E-state index in [2.05, 4.69) is 16.0 Å². The van der Waals surface area contributed by atoms with Crippen LogP contribution in [0, 0.1) is 0 Å². The first-order valence-electron chi connectivity index (χ1n) is 6.85. The van der Waals surface area contributed by atoms with Crippen molar-refractivity contribution in [1.82, 2.24) is 20.9 Å². The van der Waals surface area contributed by atoms with Crippen LogP contribution in [0.15, 0.2) is 0 Å². The van der Waals surface area contributed by atoms with Crippen molar-refractivity contribution in [2.45, 2.75) is 32.8 Å². The van der Waals surface area contributed by atoms with Gasteiger partial charge in [0.25, 0.3) is 0 Å². The third kappa shape index (κ3) is 11.6. The Balaban J connectivity index is 3.37. The Labute approximate surface area is 121 Å². The van der Waals surface area contributed by atoms with Gasteiger partial charge in [0.05, 0.1) is 0 Å². The number of ether oxygens (including phenoxy) is 1. The van der Waals surface area contributed by atoms with Gasteiger partial charge < -0.3 is 25.6 Å². The van der Waals surface area contributed by atoms with Crippen molar-refractivity contribution < 1.29 is 14.3 Å². The highest BCUT2D eigenvalue weighted by atomic mass is 16.6. The van der Waals surface area contributed by atoms with Gasteiger partial charge in [-0.05, 0) is 33.7 Å². The highest BCUT2D eigenvalue weighted by Crippen LogP contribution is 2.06. The first kappa shape index (κ1) is 18.5. The molecule has 0 spiro atoms. The molecule has 0 aromatic heterocycles. The van der Waals surface area contributed by atoms with E-state index >= 15 is 0 Å². The lowest BCUT2D eigenvalue weighted by Crippen LogP contribution is -2.39. The summed E-state index contributed by atoms with van der Waals surface area (Å²) in [4.78, 5) is 24.0. The largest absolute Gasteiger partial charge is 0.444 e. The van der Waals surface area contributed by atoms with Crippen LogP contribution >= 0.6 is 0 Å². The molecule has 3 amide bonds. The number of alkyl carbamates (subject to hydrolysis) is 1. The number of nitrogens with one attached hydrogen (secondary N) is 3. The minimum Gasteiger partial charge on any atom is -0.444 e. The Morgan fingerprint density at radius 2 is 1.65 bits per heavy atom. The molecule has 0 aliphatic heterocycles. The average molecular weight is 288 g/mol. The van der Waals surface area contributed by atoms with Gasteiger partial charge in [-0.25, -0.2) is 9.59 Å². The Kier molecular flexibility index (Phi) is 8.71. The molecule has 0 radical (unpaired) electrons. The van der Waals surface area contributed by atoms with Gasteiger partial charge >= 0.3 is 12.1 Å². The van der Waals surface area contributed by atoms with Gasteiger partial charge in [0, 0.05) is 33.7 Å². The van der Waals surface area contributed by atoms with Crippen LogP contribution in [0.3, 0.4) is 0 Å². The van der Waals surface area contributed by atoms with Crippen molar-refractivity contribution in [3.05, 3.63) is 0 Å². The number of rotatable bonds is 7. The van der Waals surface area contributed by atoms with Crippen LogP contribution in [0.25, 0.3) is 0 Å². The number of hydrogen-bond donors (Lipinski definition) is 3. The number of carbonyl (C=O) groups is 2. The van der Waals surface area contributed by atoms with Crippen molar-refractivity contribution >= 4 is 12.1 Å². The number of urea groups is 1. The lowest BCUT2D eigenvalue weighted by Gasteiger charge is -2.19. The minimum atomic E-state index is -0.465. The summed E-state index contributed by atoms with van der Waals surface area (Å²) in [6.45, 7) is 8.10. The number of amides is 3. The summed E-state index contributed by atoms with van der Waals surface area (Å²) in [5, 5.41) is 8.61. The van der Waals surface area contributed by atoms with Gasteiger partial charge in [-0.2, -0.15) is 0 Å². The molecule has 118 valence electrons. The molecule has 0 rings (SSSR count). The second kappa shape index (κ2) is 9.41. The van der Waals surface area contributed by atoms with Crippen LogP contribution in [0.2, 0.25) is 0 Å². The fourth-order valence-electron chi connectivity index (χ4n) is 1.26. The van der Waals surface area contributed by atoms with E-state index in [0.717, 1.165) is 13.0 Å². The second-order valence-corrected chi connectivity index (χ2v) is 5.66. The standard InChI is InChI=1S/C13H28N4O3/c1-13(2,3)20-12(19)16-8-6-7-14-9-10-15-11(18)17(4)5/h14H,6-10H2,1-5H3,(H,15,18)(H,16,19). The Morgan fingerprint density at radius 1 is 1.00 bits per heavy atom. The van der Waals surface area contributed by atoms with Gasteiger partial charge in [-0.15, -0.1) is 0 Å². The van der Waals surface area contributed by atoms with Gasteiger partial charge in [-0.1, -0.05) is 0 Å². The molecule has 0 aliphatic carbocycles. The van der Waals surface area contributed by atoms with E-state index in [9.17, 15) is 9.59 Å². The third-order valence-corrected chi connectivity index (χ3v) is 2.18. The van der Waals surface area contributed by atoms with E-state index in [4.69, 9.17) is 4.74 Å². The van der Waals surface area contributed by atoms with Crippen LogP contribution in [0.1, 0.15) is 27.2 Å². The zero-order chi connectivity index (χ0) is 15.6. The molecule has 0 saturated carbocycles. The van der Waals surface area contributed by atoms with Crippen LogP contribution in [0.5, 0.6) is 0 Å². The van der Waals surface area contributed by atoms with E-state index in [1.165, 1.54) is 4.90 Å². The van der Waals surface area contributed by atoms with E-state index in [0.29, 0.717) is 19.6 Å². The van der Waals surface area contributed by atoms with Crippen molar-refractivity contribution in [2.24, 2.45) is 0 Å². The molecule has 7 nitrogen and oxygen atoms in total. The van der Waals surface area contributed by atoms with Crippen LogP contribution in [0.4, 0.5) is 9.59 Å². The van der Waals surface area contributed by atoms with Crippen LogP contribution in [-0.4, -0.2) is 62.9 Å². The molecule has 0 aliphatic rings. The Morgan fingerprint density at radius 3 is 2.20 bits per heavy atom. The first-order chi connectivity index (χ1) is 9.22. The highest BCUT2D eigenvalue weighted by Gasteiger charge is 2.15. The molecule has 0 bridgehead atoms. The second-order valence-electron chi connectivity index (χ2n) is 5.66. The first-order valence-corrected chi connectivity index (χ1v) is 6.85. The summed E-state index contributed by atoms with van der Waals surface area (Å²) in [7, 11) is 3.40. The molecule has 0 atom stereocenters. The molecule has 0 fully saturated rings. The summed E-state index contributed by atoms with van der Waals surface area (Å²) in [6, 6.07) is -0.0987. The fourth-order valence-corrected chi connectivity index (χ4v) is 1.26.